The molecule has 0 amide bonds. The third-order valence-corrected chi connectivity index (χ3v) is 3.21. The molecule has 0 aliphatic rings. The van der Waals surface area contributed by atoms with E-state index in [0.29, 0.717) is 5.76 Å². The molecule has 1 aromatic rings. The van der Waals surface area contributed by atoms with Gasteiger partial charge in [0.05, 0.1) is 13.7 Å². The van der Waals surface area contributed by atoms with Crippen LogP contribution in [0.15, 0.2) is 65.8 Å². The van der Waals surface area contributed by atoms with Gasteiger partial charge in [-0.05, 0) is 23.8 Å². The topological polar surface area (TPSA) is 29.5 Å². The van der Waals surface area contributed by atoms with E-state index in [1.165, 1.54) is 4.90 Å². The number of benzene rings is 1. The smallest absolute Gasteiger partial charge is 0.111 e. The van der Waals surface area contributed by atoms with E-state index in [4.69, 9.17) is 9.84 Å². The van der Waals surface area contributed by atoms with Gasteiger partial charge in [0.25, 0.3) is 0 Å². The lowest BCUT2D eigenvalue weighted by molar-refractivity contribution is 0.282. The Bertz CT molecular complexity index is 419. The average Bonchev–Trinajstić information content (AvgIpc) is 2.43. The fourth-order valence-electron chi connectivity index (χ4n) is 1.20. The Morgan fingerprint density at radius 3 is 2.67 bits per heavy atom. The summed E-state index contributed by atoms with van der Waals surface area (Å²) < 4.78 is 4.91. The zero-order chi connectivity index (χ0) is 13.2. The minimum absolute atomic E-state index is 0.0963. The molecule has 0 saturated heterocycles. The number of ether oxygens (including phenoxy) is 1. The fraction of sp³-hybridized carbons (Fsp3) is 0.200. The largest absolute Gasteiger partial charge is 0.497 e. The Morgan fingerprint density at radius 2 is 2.06 bits per heavy atom. The summed E-state index contributed by atoms with van der Waals surface area (Å²) >= 11 is 1.75. The van der Waals surface area contributed by atoms with Gasteiger partial charge in [-0.1, -0.05) is 36.9 Å². The van der Waals surface area contributed by atoms with Crippen LogP contribution >= 0.6 is 11.8 Å². The molecule has 0 aromatic heterocycles. The number of aliphatic hydroxyl groups excluding tert-OH is 1. The highest BCUT2D eigenvalue weighted by Crippen LogP contribution is 2.18. The molecule has 96 valence electrons. The van der Waals surface area contributed by atoms with Crippen molar-refractivity contribution < 1.29 is 9.84 Å². The predicted octanol–water partition coefficient (Wildman–Crippen LogP) is 3.54. The van der Waals surface area contributed by atoms with Gasteiger partial charge >= 0.3 is 0 Å². The van der Waals surface area contributed by atoms with Crippen molar-refractivity contribution in [2.75, 3.05) is 12.9 Å². The molecule has 18 heavy (non-hydrogen) atoms. The summed E-state index contributed by atoms with van der Waals surface area (Å²) in [7, 11) is 1.60. The van der Waals surface area contributed by atoms with Crippen LogP contribution in [0.1, 0.15) is 5.56 Å². The molecule has 1 rings (SSSR count). The van der Waals surface area contributed by atoms with Gasteiger partial charge < -0.3 is 9.84 Å². The van der Waals surface area contributed by atoms with Crippen LogP contribution < -0.4 is 0 Å². The van der Waals surface area contributed by atoms with Crippen molar-refractivity contribution in [2.45, 2.75) is 11.5 Å². The lowest BCUT2D eigenvalue weighted by atomic mass is 10.2. The maximum atomic E-state index is 8.92. The zero-order valence-electron chi connectivity index (χ0n) is 10.5. The molecular weight excluding hydrogens is 244 g/mol. The van der Waals surface area contributed by atoms with E-state index in [-0.39, 0.29) is 6.61 Å². The molecule has 0 spiro atoms. The van der Waals surface area contributed by atoms with Crippen LogP contribution in [0.2, 0.25) is 0 Å². The van der Waals surface area contributed by atoms with Gasteiger partial charge in [0.1, 0.15) is 5.76 Å². The SMILES string of the molecule is C=C(/C=C/C=C/CSc1ccc(CO)cc1)OC. The summed E-state index contributed by atoms with van der Waals surface area (Å²) in [6.45, 7) is 3.78. The first-order valence-corrected chi connectivity index (χ1v) is 6.63. The van der Waals surface area contributed by atoms with Gasteiger partial charge in [-0.3, -0.25) is 0 Å². The van der Waals surface area contributed by atoms with E-state index in [1.807, 2.05) is 42.5 Å². The first-order valence-electron chi connectivity index (χ1n) is 5.65. The lowest BCUT2D eigenvalue weighted by Gasteiger charge is -1.99. The number of thioether (sulfide) groups is 1. The highest BCUT2D eigenvalue weighted by molar-refractivity contribution is 7.99. The van der Waals surface area contributed by atoms with Crippen LogP contribution in [-0.4, -0.2) is 18.0 Å². The third kappa shape index (κ3) is 5.75. The first kappa shape index (κ1) is 14.6. The number of methoxy groups -OCH3 is 1. The molecule has 0 unspecified atom stereocenters. The molecule has 0 heterocycles. The first-order chi connectivity index (χ1) is 8.76. The third-order valence-electron chi connectivity index (χ3n) is 2.24. The van der Waals surface area contributed by atoms with E-state index >= 15 is 0 Å². The fourth-order valence-corrected chi connectivity index (χ4v) is 1.93. The van der Waals surface area contributed by atoms with E-state index in [2.05, 4.69) is 12.7 Å². The number of aliphatic hydroxyl groups is 1. The van der Waals surface area contributed by atoms with Crippen LogP contribution in [0.25, 0.3) is 0 Å². The van der Waals surface area contributed by atoms with Crippen molar-refractivity contribution in [2.24, 2.45) is 0 Å². The van der Waals surface area contributed by atoms with E-state index < -0.39 is 0 Å². The van der Waals surface area contributed by atoms with Crippen molar-refractivity contribution >= 4 is 11.8 Å². The van der Waals surface area contributed by atoms with E-state index in [1.54, 1.807) is 18.9 Å². The van der Waals surface area contributed by atoms with Crippen LogP contribution in [0.3, 0.4) is 0 Å². The predicted molar refractivity (Wildman–Crippen MR) is 77.5 cm³/mol. The minimum Gasteiger partial charge on any atom is -0.497 e. The molecule has 1 N–H and O–H groups in total. The number of rotatable bonds is 7. The zero-order valence-corrected chi connectivity index (χ0v) is 11.3. The van der Waals surface area contributed by atoms with Crippen molar-refractivity contribution in [3.8, 4) is 0 Å². The molecular formula is C15H18O2S. The van der Waals surface area contributed by atoms with Crippen molar-refractivity contribution in [1.29, 1.82) is 0 Å². The summed E-state index contributed by atoms with van der Waals surface area (Å²) in [5, 5.41) is 8.92. The Hall–Kier alpha value is -1.45. The average molecular weight is 262 g/mol. The molecule has 0 aliphatic heterocycles. The monoisotopic (exact) mass is 262 g/mol. The highest BCUT2D eigenvalue weighted by atomic mass is 32.2. The molecule has 1 aromatic carbocycles. The van der Waals surface area contributed by atoms with Crippen molar-refractivity contribution in [1.82, 2.24) is 0 Å². The van der Waals surface area contributed by atoms with Gasteiger partial charge in [-0.2, -0.15) is 0 Å². The Balaban J connectivity index is 2.30. The molecule has 0 bridgehead atoms. The van der Waals surface area contributed by atoms with E-state index in [9.17, 15) is 0 Å². The van der Waals surface area contributed by atoms with Crippen LogP contribution in [0, 0.1) is 0 Å². The van der Waals surface area contributed by atoms with Gasteiger partial charge in [0, 0.05) is 10.6 Å². The number of allylic oxidation sites excluding steroid dienone is 3. The summed E-state index contributed by atoms with van der Waals surface area (Å²) in [6.07, 6.45) is 7.77. The second kappa shape index (κ2) is 8.61. The van der Waals surface area contributed by atoms with Crippen LogP contribution in [-0.2, 0) is 11.3 Å². The quantitative estimate of drug-likeness (QED) is 0.463. The lowest BCUT2D eigenvalue weighted by Crippen LogP contribution is -1.81. The Morgan fingerprint density at radius 1 is 1.33 bits per heavy atom. The molecule has 0 atom stereocenters. The molecule has 0 radical (unpaired) electrons. The molecule has 0 fully saturated rings. The second-order valence-electron chi connectivity index (χ2n) is 3.57. The number of hydrogen-bond acceptors (Lipinski definition) is 3. The van der Waals surface area contributed by atoms with Crippen LogP contribution in [0.5, 0.6) is 0 Å². The highest BCUT2D eigenvalue weighted by Gasteiger charge is 1.92. The summed E-state index contributed by atoms with van der Waals surface area (Å²) in [4.78, 5) is 1.20. The second-order valence-corrected chi connectivity index (χ2v) is 4.66. The molecule has 3 heteroatoms. The minimum atomic E-state index is 0.0963. The molecule has 0 aliphatic carbocycles. The summed E-state index contributed by atoms with van der Waals surface area (Å²) in [5.41, 5.74) is 0.941. The maximum absolute atomic E-state index is 8.92. The van der Waals surface area contributed by atoms with Crippen molar-refractivity contribution in [3.05, 3.63) is 66.5 Å². The summed E-state index contributed by atoms with van der Waals surface area (Å²) in [5.74, 6) is 1.55. The number of hydrogen-bond donors (Lipinski definition) is 1. The normalized spacial score (nSPS) is 11.2. The van der Waals surface area contributed by atoms with Gasteiger partial charge in [-0.15, -0.1) is 11.8 Å². The van der Waals surface area contributed by atoms with Gasteiger partial charge in [-0.25, -0.2) is 0 Å². The Kier molecular flexibility index (Phi) is 6.99. The molecule has 0 saturated carbocycles. The van der Waals surface area contributed by atoms with Crippen LogP contribution in [0.4, 0.5) is 0 Å². The van der Waals surface area contributed by atoms with E-state index in [0.717, 1.165) is 11.3 Å². The molecule has 2 nitrogen and oxygen atoms in total. The van der Waals surface area contributed by atoms with Gasteiger partial charge in [0.15, 0.2) is 0 Å². The maximum Gasteiger partial charge on any atom is 0.111 e. The van der Waals surface area contributed by atoms with Crippen molar-refractivity contribution in [3.63, 3.8) is 0 Å². The standard InChI is InChI=1S/C15H18O2S/c1-13(17-2)6-4-3-5-11-18-15-9-7-14(12-16)8-10-15/h3-10,16H,1,11-12H2,2H3/b5-3+,6-4+. The van der Waals surface area contributed by atoms with Gasteiger partial charge in [0.2, 0.25) is 0 Å². The summed E-state index contributed by atoms with van der Waals surface area (Å²) in [6, 6.07) is 7.92. The Labute approximate surface area is 113 Å².